The summed E-state index contributed by atoms with van der Waals surface area (Å²) in [6.45, 7) is 2.63. The fourth-order valence-corrected chi connectivity index (χ4v) is 3.15. The van der Waals surface area contributed by atoms with Crippen LogP contribution in [0.5, 0.6) is 0 Å². The van der Waals surface area contributed by atoms with Crippen LogP contribution < -0.4 is 5.32 Å². The molecule has 22 heavy (non-hydrogen) atoms. The summed E-state index contributed by atoms with van der Waals surface area (Å²) in [5.74, 6) is -1.26. The van der Waals surface area contributed by atoms with Crippen molar-refractivity contribution in [2.24, 2.45) is 5.92 Å². The highest BCUT2D eigenvalue weighted by molar-refractivity contribution is 5.88. The molecule has 1 heterocycles. The van der Waals surface area contributed by atoms with Crippen LogP contribution in [0.2, 0.25) is 0 Å². The number of hydrogen-bond donors (Lipinski definition) is 2. The smallest absolute Gasteiger partial charge is 0.305 e. The number of amides is 2. The number of rotatable bonds is 5. The molecule has 0 aromatic rings. The van der Waals surface area contributed by atoms with Crippen LogP contribution in [-0.4, -0.2) is 59.6 Å². The second-order valence-electron chi connectivity index (χ2n) is 6.07. The predicted molar refractivity (Wildman–Crippen MR) is 78.1 cm³/mol. The topological polar surface area (TPSA) is 95.9 Å². The van der Waals surface area contributed by atoms with Crippen molar-refractivity contribution in [1.82, 2.24) is 10.2 Å². The molecule has 0 bridgehead atoms. The average Bonchev–Trinajstić information content (AvgIpc) is 3.00. The molecule has 2 fully saturated rings. The Kier molecular flexibility index (Phi) is 5.76. The van der Waals surface area contributed by atoms with Gasteiger partial charge in [-0.25, -0.2) is 0 Å². The highest BCUT2D eigenvalue weighted by Gasteiger charge is 2.33. The summed E-state index contributed by atoms with van der Waals surface area (Å²) < 4.78 is 5.26. The fraction of sp³-hybridized carbons (Fsp3) is 0.800. The van der Waals surface area contributed by atoms with E-state index in [0.717, 1.165) is 25.7 Å². The quantitative estimate of drug-likeness (QED) is 0.765. The van der Waals surface area contributed by atoms with Crippen LogP contribution in [0.4, 0.5) is 0 Å². The van der Waals surface area contributed by atoms with Crippen molar-refractivity contribution in [2.45, 2.75) is 51.1 Å². The summed E-state index contributed by atoms with van der Waals surface area (Å²) in [6, 6.07) is -1.10. The van der Waals surface area contributed by atoms with Crippen molar-refractivity contribution in [3.05, 3.63) is 0 Å². The molecule has 1 aliphatic carbocycles. The van der Waals surface area contributed by atoms with E-state index in [1.54, 1.807) is 6.92 Å². The first kappa shape index (κ1) is 16.7. The van der Waals surface area contributed by atoms with Gasteiger partial charge in [0, 0.05) is 12.5 Å². The molecule has 2 rings (SSSR count). The molecule has 7 nitrogen and oxygen atoms in total. The number of carboxylic acids is 1. The normalized spacial score (nSPS) is 24.0. The van der Waals surface area contributed by atoms with E-state index < -0.39 is 18.1 Å². The molecular weight excluding hydrogens is 288 g/mol. The Morgan fingerprint density at radius 2 is 2.00 bits per heavy atom. The fourth-order valence-electron chi connectivity index (χ4n) is 3.15. The molecule has 1 saturated heterocycles. The number of nitrogens with one attached hydrogen (secondary N) is 1. The van der Waals surface area contributed by atoms with Crippen LogP contribution in [0.25, 0.3) is 0 Å². The van der Waals surface area contributed by atoms with E-state index in [1.807, 2.05) is 0 Å². The summed E-state index contributed by atoms with van der Waals surface area (Å²) in [6.07, 6.45) is 3.74. The third-order valence-electron chi connectivity index (χ3n) is 4.38. The number of ether oxygens (including phenoxy) is 1. The molecule has 124 valence electrons. The largest absolute Gasteiger partial charge is 0.481 e. The predicted octanol–water partition coefficient (Wildman–Crippen LogP) is 0.383. The Bertz CT molecular complexity index is 434. The monoisotopic (exact) mass is 312 g/mol. The first-order chi connectivity index (χ1) is 10.5. The molecule has 2 unspecified atom stereocenters. The van der Waals surface area contributed by atoms with Crippen molar-refractivity contribution in [3.63, 3.8) is 0 Å². The molecule has 7 heteroatoms. The summed E-state index contributed by atoms with van der Waals surface area (Å²) in [5, 5.41) is 11.7. The number of carboxylic acid groups (broad SMARTS) is 1. The Balaban J connectivity index is 1.92. The van der Waals surface area contributed by atoms with Crippen LogP contribution in [0.1, 0.15) is 39.0 Å². The van der Waals surface area contributed by atoms with Crippen molar-refractivity contribution >= 4 is 17.8 Å². The SMILES string of the molecule is CC(NC(=O)C1CCCC1)C(=O)N1CCOCC1CC(=O)O. The summed E-state index contributed by atoms with van der Waals surface area (Å²) in [7, 11) is 0. The molecular formula is C15H24N2O5. The molecule has 2 aliphatic rings. The minimum atomic E-state index is -0.962. The van der Waals surface area contributed by atoms with Crippen LogP contribution in [0, 0.1) is 5.92 Å². The molecule has 0 aromatic heterocycles. The first-order valence-corrected chi connectivity index (χ1v) is 7.89. The van der Waals surface area contributed by atoms with Gasteiger partial charge in [-0.05, 0) is 19.8 Å². The number of carbonyl (C=O) groups is 3. The number of hydrogen-bond acceptors (Lipinski definition) is 4. The zero-order valence-corrected chi connectivity index (χ0v) is 12.9. The Hall–Kier alpha value is -1.63. The lowest BCUT2D eigenvalue weighted by molar-refractivity contribution is -0.148. The van der Waals surface area contributed by atoms with Gasteiger partial charge in [0.15, 0.2) is 0 Å². The van der Waals surface area contributed by atoms with Crippen LogP contribution in [-0.2, 0) is 19.1 Å². The van der Waals surface area contributed by atoms with Gasteiger partial charge >= 0.3 is 5.97 Å². The van der Waals surface area contributed by atoms with E-state index in [2.05, 4.69) is 5.32 Å². The minimum Gasteiger partial charge on any atom is -0.481 e. The average molecular weight is 312 g/mol. The van der Waals surface area contributed by atoms with Crippen molar-refractivity contribution in [2.75, 3.05) is 19.8 Å². The maximum Gasteiger partial charge on any atom is 0.305 e. The maximum absolute atomic E-state index is 12.5. The van der Waals surface area contributed by atoms with E-state index in [1.165, 1.54) is 4.90 Å². The van der Waals surface area contributed by atoms with Gasteiger partial charge < -0.3 is 20.1 Å². The van der Waals surface area contributed by atoms with Crippen molar-refractivity contribution < 1.29 is 24.2 Å². The van der Waals surface area contributed by atoms with Crippen LogP contribution >= 0.6 is 0 Å². The Morgan fingerprint density at radius 3 is 2.64 bits per heavy atom. The van der Waals surface area contributed by atoms with Gasteiger partial charge in [-0.2, -0.15) is 0 Å². The maximum atomic E-state index is 12.5. The standard InChI is InChI=1S/C15H24N2O5/c1-10(16-14(20)11-4-2-3-5-11)15(21)17-6-7-22-9-12(17)8-13(18)19/h10-12H,2-9H2,1H3,(H,16,20)(H,18,19). The third kappa shape index (κ3) is 4.19. The molecule has 1 aliphatic heterocycles. The van der Waals surface area contributed by atoms with Crippen LogP contribution in [0.3, 0.4) is 0 Å². The lowest BCUT2D eigenvalue weighted by Gasteiger charge is -2.36. The zero-order chi connectivity index (χ0) is 16.1. The van der Waals surface area contributed by atoms with Gasteiger partial charge in [0.2, 0.25) is 11.8 Å². The molecule has 2 atom stereocenters. The molecule has 2 amide bonds. The second kappa shape index (κ2) is 7.58. The summed E-state index contributed by atoms with van der Waals surface area (Å²) in [5.41, 5.74) is 0. The van der Waals surface area contributed by atoms with Crippen molar-refractivity contribution in [3.8, 4) is 0 Å². The Morgan fingerprint density at radius 1 is 1.32 bits per heavy atom. The highest BCUT2D eigenvalue weighted by Crippen LogP contribution is 2.24. The van der Waals surface area contributed by atoms with Gasteiger partial charge in [0.25, 0.3) is 0 Å². The minimum absolute atomic E-state index is 0.00903. The van der Waals surface area contributed by atoms with E-state index in [0.29, 0.717) is 13.2 Å². The molecule has 0 spiro atoms. The van der Waals surface area contributed by atoms with Gasteiger partial charge in [-0.3, -0.25) is 14.4 Å². The zero-order valence-electron chi connectivity index (χ0n) is 12.9. The molecule has 0 aromatic carbocycles. The molecule has 0 radical (unpaired) electrons. The van der Waals surface area contributed by atoms with Gasteiger partial charge in [0.1, 0.15) is 6.04 Å². The van der Waals surface area contributed by atoms with E-state index in [4.69, 9.17) is 9.84 Å². The van der Waals surface area contributed by atoms with E-state index >= 15 is 0 Å². The number of morpholine rings is 1. The van der Waals surface area contributed by atoms with E-state index in [-0.39, 0.29) is 30.8 Å². The van der Waals surface area contributed by atoms with Crippen LogP contribution in [0.15, 0.2) is 0 Å². The molecule has 2 N–H and O–H groups in total. The number of aliphatic carboxylic acids is 1. The molecule has 1 saturated carbocycles. The van der Waals surface area contributed by atoms with Gasteiger partial charge in [0.05, 0.1) is 25.7 Å². The lowest BCUT2D eigenvalue weighted by atomic mass is 10.1. The number of carbonyl (C=O) groups excluding carboxylic acids is 2. The summed E-state index contributed by atoms with van der Waals surface area (Å²) >= 11 is 0. The van der Waals surface area contributed by atoms with E-state index in [9.17, 15) is 14.4 Å². The lowest BCUT2D eigenvalue weighted by Crippen LogP contribution is -2.56. The summed E-state index contributed by atoms with van der Waals surface area (Å²) in [4.78, 5) is 37.0. The van der Waals surface area contributed by atoms with Crippen molar-refractivity contribution in [1.29, 1.82) is 0 Å². The first-order valence-electron chi connectivity index (χ1n) is 7.89. The highest BCUT2D eigenvalue weighted by atomic mass is 16.5. The Labute approximate surface area is 130 Å². The van der Waals surface area contributed by atoms with Gasteiger partial charge in [-0.1, -0.05) is 12.8 Å². The second-order valence-corrected chi connectivity index (χ2v) is 6.07. The number of nitrogens with zero attached hydrogens (tertiary/aromatic N) is 1. The third-order valence-corrected chi connectivity index (χ3v) is 4.38. The van der Waals surface area contributed by atoms with Gasteiger partial charge in [-0.15, -0.1) is 0 Å².